The Morgan fingerprint density at radius 2 is 1.91 bits per heavy atom. The highest BCUT2D eigenvalue weighted by molar-refractivity contribution is 7.89. The Labute approximate surface area is 138 Å². The van der Waals surface area contributed by atoms with Gasteiger partial charge in [-0.2, -0.15) is 0 Å². The van der Waals surface area contributed by atoms with Crippen LogP contribution in [0.1, 0.15) is 12.5 Å². The molecule has 0 spiro atoms. The highest BCUT2D eigenvalue weighted by Gasteiger charge is 2.20. The predicted octanol–water partition coefficient (Wildman–Crippen LogP) is 1.75. The van der Waals surface area contributed by atoms with Crippen LogP contribution >= 0.6 is 0 Å². The standard InChI is InChI=1S/C15H25N3O4S/c1-6-22-10-9-18(5)15(19)16-13-7-8-14(12(2)11-13)23(20,21)17(3)4/h7-8,11H,6,9-10H2,1-5H3,(H,16,19). The minimum absolute atomic E-state index is 0.227. The number of aryl methyl sites for hydroxylation is 1. The van der Waals surface area contributed by atoms with Crippen molar-refractivity contribution < 1.29 is 17.9 Å². The van der Waals surface area contributed by atoms with E-state index in [1.54, 1.807) is 26.1 Å². The van der Waals surface area contributed by atoms with Gasteiger partial charge in [0.2, 0.25) is 10.0 Å². The summed E-state index contributed by atoms with van der Waals surface area (Å²) in [5, 5.41) is 2.74. The molecule has 0 unspecified atom stereocenters. The van der Waals surface area contributed by atoms with Gasteiger partial charge in [0, 0.05) is 40.0 Å². The molecule has 0 heterocycles. The SMILES string of the molecule is CCOCCN(C)C(=O)Nc1ccc(S(=O)(=O)N(C)C)c(C)c1. The smallest absolute Gasteiger partial charge is 0.321 e. The molecule has 1 rings (SSSR count). The topological polar surface area (TPSA) is 79.0 Å². The molecule has 7 nitrogen and oxygen atoms in total. The first kappa shape index (κ1) is 19.4. The third-order valence-electron chi connectivity index (χ3n) is 3.31. The number of nitrogens with one attached hydrogen (secondary N) is 1. The van der Waals surface area contributed by atoms with Gasteiger partial charge in [-0.15, -0.1) is 0 Å². The van der Waals surface area contributed by atoms with Crippen molar-refractivity contribution in [2.45, 2.75) is 18.7 Å². The minimum Gasteiger partial charge on any atom is -0.380 e. The Hall–Kier alpha value is -1.64. The van der Waals surface area contributed by atoms with Crippen molar-refractivity contribution in [3.63, 3.8) is 0 Å². The highest BCUT2D eigenvalue weighted by atomic mass is 32.2. The molecule has 0 saturated carbocycles. The van der Waals surface area contributed by atoms with Crippen LogP contribution in [-0.2, 0) is 14.8 Å². The number of sulfonamides is 1. The molecule has 2 amide bonds. The van der Waals surface area contributed by atoms with Crippen LogP contribution in [0.3, 0.4) is 0 Å². The lowest BCUT2D eigenvalue weighted by Crippen LogP contribution is -2.34. The van der Waals surface area contributed by atoms with Crippen molar-refractivity contribution in [2.75, 3.05) is 46.2 Å². The summed E-state index contributed by atoms with van der Waals surface area (Å²) in [6.45, 7) is 5.15. The normalized spacial score (nSPS) is 11.6. The van der Waals surface area contributed by atoms with E-state index < -0.39 is 10.0 Å². The second-order valence-electron chi connectivity index (χ2n) is 5.32. The van der Waals surface area contributed by atoms with Gasteiger partial charge in [0.25, 0.3) is 0 Å². The molecule has 1 N–H and O–H groups in total. The van der Waals surface area contributed by atoms with E-state index in [4.69, 9.17) is 4.74 Å². The van der Waals surface area contributed by atoms with E-state index in [0.717, 1.165) is 4.31 Å². The van der Waals surface area contributed by atoms with Crippen molar-refractivity contribution >= 4 is 21.7 Å². The Kier molecular flexibility index (Phi) is 6.99. The number of hydrogen-bond acceptors (Lipinski definition) is 4. The van der Waals surface area contributed by atoms with E-state index >= 15 is 0 Å². The number of benzene rings is 1. The molecule has 0 aliphatic rings. The van der Waals surface area contributed by atoms with E-state index in [2.05, 4.69) is 5.32 Å². The molecule has 0 bridgehead atoms. The number of likely N-dealkylation sites (N-methyl/N-ethyl adjacent to an activating group) is 1. The zero-order chi connectivity index (χ0) is 17.6. The summed E-state index contributed by atoms with van der Waals surface area (Å²) in [5.41, 5.74) is 1.13. The van der Waals surface area contributed by atoms with Crippen LogP contribution in [0.2, 0.25) is 0 Å². The highest BCUT2D eigenvalue weighted by Crippen LogP contribution is 2.21. The molecule has 1 aromatic carbocycles. The van der Waals surface area contributed by atoms with Crippen LogP contribution in [-0.4, -0.2) is 64.6 Å². The molecular weight excluding hydrogens is 318 g/mol. The maximum Gasteiger partial charge on any atom is 0.321 e. The third-order valence-corrected chi connectivity index (χ3v) is 5.28. The number of hydrogen-bond donors (Lipinski definition) is 1. The van der Waals surface area contributed by atoms with Crippen molar-refractivity contribution in [3.8, 4) is 0 Å². The van der Waals surface area contributed by atoms with Crippen LogP contribution in [0.4, 0.5) is 10.5 Å². The Morgan fingerprint density at radius 1 is 1.26 bits per heavy atom. The third kappa shape index (κ3) is 5.19. The fourth-order valence-corrected chi connectivity index (χ4v) is 2.98. The van der Waals surface area contributed by atoms with Gasteiger partial charge in [0.1, 0.15) is 0 Å². The van der Waals surface area contributed by atoms with E-state index in [0.29, 0.717) is 31.0 Å². The summed E-state index contributed by atoms with van der Waals surface area (Å²) in [5.74, 6) is 0. The Bertz CT molecular complexity index is 644. The number of carbonyl (C=O) groups is 1. The minimum atomic E-state index is -3.49. The monoisotopic (exact) mass is 343 g/mol. The summed E-state index contributed by atoms with van der Waals surface area (Å²) in [6, 6.07) is 4.45. The summed E-state index contributed by atoms with van der Waals surface area (Å²) >= 11 is 0. The van der Waals surface area contributed by atoms with Gasteiger partial charge in [-0.1, -0.05) is 0 Å². The van der Waals surface area contributed by atoms with E-state index in [9.17, 15) is 13.2 Å². The maximum atomic E-state index is 12.2. The predicted molar refractivity (Wildman–Crippen MR) is 90.2 cm³/mol. The lowest BCUT2D eigenvalue weighted by molar-refractivity contribution is 0.128. The Morgan fingerprint density at radius 3 is 2.43 bits per heavy atom. The second kappa shape index (κ2) is 8.28. The molecule has 0 radical (unpaired) electrons. The van der Waals surface area contributed by atoms with Gasteiger partial charge in [-0.05, 0) is 37.6 Å². The van der Waals surface area contributed by atoms with E-state index in [1.165, 1.54) is 25.1 Å². The van der Waals surface area contributed by atoms with Gasteiger partial charge in [-0.25, -0.2) is 17.5 Å². The van der Waals surface area contributed by atoms with Crippen LogP contribution in [0, 0.1) is 6.92 Å². The number of amides is 2. The molecule has 130 valence electrons. The number of ether oxygens (including phenoxy) is 1. The molecule has 23 heavy (non-hydrogen) atoms. The molecule has 0 atom stereocenters. The zero-order valence-corrected chi connectivity index (χ0v) is 15.1. The van der Waals surface area contributed by atoms with E-state index in [-0.39, 0.29) is 10.9 Å². The summed E-state index contributed by atoms with van der Waals surface area (Å²) in [6.07, 6.45) is 0. The largest absolute Gasteiger partial charge is 0.380 e. The van der Waals surface area contributed by atoms with Crippen LogP contribution in [0.25, 0.3) is 0 Å². The number of carbonyl (C=O) groups excluding carboxylic acids is 1. The van der Waals surface area contributed by atoms with Crippen molar-refractivity contribution in [1.82, 2.24) is 9.21 Å². The summed E-state index contributed by atoms with van der Waals surface area (Å²) in [7, 11) is 1.15. The quantitative estimate of drug-likeness (QED) is 0.765. The van der Waals surface area contributed by atoms with Gasteiger partial charge < -0.3 is 15.0 Å². The maximum absolute atomic E-state index is 12.2. The van der Waals surface area contributed by atoms with Gasteiger partial charge in [0.05, 0.1) is 11.5 Å². The first-order valence-electron chi connectivity index (χ1n) is 7.33. The number of nitrogens with zero attached hydrogens (tertiary/aromatic N) is 2. The average Bonchev–Trinajstić information content (AvgIpc) is 2.46. The zero-order valence-electron chi connectivity index (χ0n) is 14.3. The lowest BCUT2D eigenvalue weighted by Gasteiger charge is -2.19. The molecule has 0 aromatic heterocycles. The van der Waals surface area contributed by atoms with Crippen LogP contribution < -0.4 is 5.32 Å². The molecule has 0 aliphatic heterocycles. The first-order chi connectivity index (χ1) is 10.7. The lowest BCUT2D eigenvalue weighted by atomic mass is 10.2. The van der Waals surface area contributed by atoms with E-state index in [1.807, 2.05) is 6.92 Å². The molecule has 0 fully saturated rings. The molecule has 8 heteroatoms. The fraction of sp³-hybridized carbons (Fsp3) is 0.533. The van der Waals surface area contributed by atoms with Crippen molar-refractivity contribution in [2.24, 2.45) is 0 Å². The fourth-order valence-electron chi connectivity index (χ4n) is 1.88. The second-order valence-corrected chi connectivity index (χ2v) is 7.44. The Balaban J connectivity index is 2.81. The number of rotatable bonds is 7. The van der Waals surface area contributed by atoms with Gasteiger partial charge in [-0.3, -0.25) is 0 Å². The number of anilines is 1. The number of urea groups is 1. The van der Waals surface area contributed by atoms with Gasteiger partial charge >= 0.3 is 6.03 Å². The molecule has 0 saturated heterocycles. The summed E-state index contributed by atoms with van der Waals surface area (Å²) in [4.78, 5) is 13.8. The van der Waals surface area contributed by atoms with Crippen molar-refractivity contribution in [3.05, 3.63) is 23.8 Å². The molecule has 0 aliphatic carbocycles. The van der Waals surface area contributed by atoms with Crippen molar-refractivity contribution in [1.29, 1.82) is 0 Å². The van der Waals surface area contributed by atoms with Gasteiger partial charge in [0.15, 0.2) is 0 Å². The molecular formula is C15H25N3O4S. The first-order valence-corrected chi connectivity index (χ1v) is 8.77. The average molecular weight is 343 g/mol. The summed E-state index contributed by atoms with van der Waals surface area (Å²) < 4.78 is 30.7. The molecule has 1 aromatic rings. The van der Waals surface area contributed by atoms with Crippen LogP contribution in [0.5, 0.6) is 0 Å². The van der Waals surface area contributed by atoms with Crippen LogP contribution in [0.15, 0.2) is 23.1 Å².